The number of ether oxygens (including phenoxy) is 3. The van der Waals surface area contributed by atoms with E-state index in [0.29, 0.717) is 25.9 Å². The molecule has 1 aromatic carbocycles. The first-order valence-corrected chi connectivity index (χ1v) is 14.3. The van der Waals surface area contributed by atoms with Crippen LogP contribution in [0.2, 0.25) is 0 Å². The maximum Gasteiger partial charge on any atom is 0.410 e. The van der Waals surface area contributed by atoms with Crippen LogP contribution >= 0.6 is 0 Å². The highest BCUT2D eigenvalue weighted by Crippen LogP contribution is 2.44. The van der Waals surface area contributed by atoms with E-state index in [0.717, 1.165) is 71.9 Å². The van der Waals surface area contributed by atoms with Gasteiger partial charge in [-0.3, -0.25) is 9.69 Å². The molecule has 0 aromatic heterocycles. The fraction of sp³-hybridized carbons (Fsp3) is 0.724. The first-order valence-electron chi connectivity index (χ1n) is 14.3. The second kappa shape index (κ2) is 11.3. The number of piperazine rings is 1. The minimum atomic E-state index is -0.513. The lowest BCUT2D eigenvalue weighted by molar-refractivity contribution is -0.151. The highest BCUT2D eigenvalue weighted by Gasteiger charge is 2.51. The van der Waals surface area contributed by atoms with Crippen molar-refractivity contribution < 1.29 is 23.8 Å². The van der Waals surface area contributed by atoms with Crippen molar-refractivity contribution in [3.05, 3.63) is 24.3 Å². The van der Waals surface area contributed by atoms with Crippen LogP contribution in [0, 0.1) is 5.41 Å². The number of anilines is 2. The molecule has 0 radical (unpaired) electrons. The molecule has 1 atom stereocenters. The highest BCUT2D eigenvalue weighted by molar-refractivity contribution is 5.80. The lowest BCUT2D eigenvalue weighted by atomic mass is 9.76. The maximum absolute atomic E-state index is 12.9. The molecular formula is C29H44N4O5. The molecule has 9 heteroatoms. The predicted molar refractivity (Wildman–Crippen MR) is 147 cm³/mol. The largest absolute Gasteiger partial charge is 0.462 e. The van der Waals surface area contributed by atoms with Crippen molar-refractivity contribution in [1.82, 2.24) is 9.80 Å². The number of carbonyl (C=O) groups is 2. The Morgan fingerprint density at radius 1 is 0.947 bits per heavy atom. The van der Waals surface area contributed by atoms with Crippen LogP contribution in [0.1, 0.15) is 46.5 Å². The Bertz CT molecular complexity index is 973. The summed E-state index contributed by atoms with van der Waals surface area (Å²) in [7, 11) is 0. The maximum atomic E-state index is 12.9. The van der Waals surface area contributed by atoms with Crippen molar-refractivity contribution in [2.24, 2.45) is 5.41 Å². The molecule has 1 aromatic rings. The molecule has 0 saturated carbocycles. The number of hydrogen-bond acceptors (Lipinski definition) is 8. The first kappa shape index (κ1) is 27.1. The van der Waals surface area contributed by atoms with Crippen molar-refractivity contribution in [2.75, 3.05) is 81.9 Å². The monoisotopic (exact) mass is 528 g/mol. The number of benzene rings is 1. The third-order valence-corrected chi connectivity index (χ3v) is 8.41. The fourth-order valence-corrected chi connectivity index (χ4v) is 6.19. The van der Waals surface area contributed by atoms with Gasteiger partial charge in [-0.1, -0.05) is 12.1 Å². The molecule has 9 nitrogen and oxygen atoms in total. The van der Waals surface area contributed by atoms with E-state index in [2.05, 4.69) is 39.0 Å². The third-order valence-electron chi connectivity index (χ3n) is 8.41. The van der Waals surface area contributed by atoms with Crippen molar-refractivity contribution in [3.63, 3.8) is 0 Å². The Labute approximate surface area is 227 Å². The third kappa shape index (κ3) is 6.20. The van der Waals surface area contributed by atoms with E-state index in [-0.39, 0.29) is 18.2 Å². The number of carbonyl (C=O) groups excluding carboxylic acids is 2. The summed E-state index contributed by atoms with van der Waals surface area (Å²) in [4.78, 5) is 34.5. The standard InChI is InChI=1S/C29H44N4O5/c1-28(2,3)38-27(35)33-12-9-29(10-13-33)22-23(37-26(29)34)8-11-30-14-16-31(17-15-30)24-6-4-5-7-25(24)32-18-20-36-21-19-32/h4-7,23H,8-22H2,1-3H3/t23-/m1/s1. The molecule has 5 rings (SSSR count). The lowest BCUT2D eigenvalue weighted by Crippen LogP contribution is -2.48. The number of likely N-dealkylation sites (tertiary alicyclic amines) is 1. The predicted octanol–water partition coefficient (Wildman–Crippen LogP) is 3.37. The molecule has 0 bridgehead atoms. The van der Waals surface area contributed by atoms with Gasteiger partial charge in [-0.15, -0.1) is 0 Å². The van der Waals surface area contributed by atoms with Gasteiger partial charge in [-0.05, 0) is 52.2 Å². The van der Waals surface area contributed by atoms with Crippen LogP contribution < -0.4 is 9.80 Å². The van der Waals surface area contributed by atoms with Crippen LogP contribution in [0.15, 0.2) is 24.3 Å². The zero-order chi connectivity index (χ0) is 26.8. The van der Waals surface area contributed by atoms with Gasteiger partial charge in [0.1, 0.15) is 11.7 Å². The molecule has 4 saturated heterocycles. The number of amides is 1. The molecule has 1 amide bonds. The van der Waals surface area contributed by atoms with Crippen LogP contribution in [-0.2, 0) is 19.0 Å². The van der Waals surface area contributed by atoms with Crippen LogP contribution in [0.5, 0.6) is 0 Å². The second-order valence-electron chi connectivity index (χ2n) is 12.2. The number of morpholine rings is 1. The van der Waals surface area contributed by atoms with Gasteiger partial charge in [0.15, 0.2) is 0 Å². The number of rotatable bonds is 5. The smallest absolute Gasteiger partial charge is 0.410 e. The summed E-state index contributed by atoms with van der Waals surface area (Å²) < 4.78 is 16.9. The van der Waals surface area contributed by atoms with Gasteiger partial charge in [0.05, 0.1) is 30.0 Å². The Hall–Kier alpha value is -2.52. The number of hydrogen-bond donors (Lipinski definition) is 0. The topological polar surface area (TPSA) is 74.8 Å². The van der Waals surface area contributed by atoms with Crippen LogP contribution in [0.4, 0.5) is 16.2 Å². The SMILES string of the molecule is CC(C)(C)OC(=O)N1CCC2(CC1)C[C@@H](CCN1CCN(c3ccccc3N3CCOCC3)CC1)OC2=O. The normalized spacial score (nSPS) is 24.6. The summed E-state index contributed by atoms with van der Waals surface area (Å²) >= 11 is 0. The van der Waals surface area contributed by atoms with E-state index in [9.17, 15) is 9.59 Å². The van der Waals surface area contributed by atoms with Gasteiger partial charge < -0.3 is 28.9 Å². The van der Waals surface area contributed by atoms with Gasteiger partial charge in [0.2, 0.25) is 0 Å². The molecule has 4 aliphatic rings. The second-order valence-corrected chi connectivity index (χ2v) is 12.2. The van der Waals surface area contributed by atoms with Crippen molar-refractivity contribution in [1.29, 1.82) is 0 Å². The highest BCUT2D eigenvalue weighted by atomic mass is 16.6. The van der Waals surface area contributed by atoms with Crippen LogP contribution in [0.25, 0.3) is 0 Å². The number of para-hydroxylation sites is 2. The van der Waals surface area contributed by atoms with Gasteiger partial charge >= 0.3 is 12.1 Å². The molecule has 38 heavy (non-hydrogen) atoms. The van der Waals surface area contributed by atoms with Crippen LogP contribution in [-0.4, -0.2) is 106 Å². The fourth-order valence-electron chi connectivity index (χ4n) is 6.19. The van der Waals surface area contributed by atoms with Crippen molar-refractivity contribution in [2.45, 2.75) is 58.2 Å². The summed E-state index contributed by atoms with van der Waals surface area (Å²) in [5.74, 6) is -0.0733. The molecule has 4 fully saturated rings. The van der Waals surface area contributed by atoms with E-state index in [4.69, 9.17) is 14.2 Å². The number of piperidine rings is 1. The van der Waals surface area contributed by atoms with Crippen molar-refractivity contribution in [3.8, 4) is 0 Å². The zero-order valence-electron chi connectivity index (χ0n) is 23.3. The Morgan fingerprint density at radius 2 is 1.55 bits per heavy atom. The molecule has 4 aliphatic heterocycles. The van der Waals surface area contributed by atoms with E-state index in [1.54, 1.807) is 4.90 Å². The van der Waals surface area contributed by atoms with E-state index in [1.165, 1.54) is 11.4 Å². The molecule has 210 valence electrons. The van der Waals surface area contributed by atoms with E-state index < -0.39 is 11.0 Å². The summed E-state index contributed by atoms with van der Waals surface area (Å²) in [5, 5.41) is 0. The Balaban J connectivity index is 1.07. The average molecular weight is 529 g/mol. The summed E-state index contributed by atoms with van der Waals surface area (Å²) in [5.41, 5.74) is 1.68. The minimum absolute atomic E-state index is 0.0318. The molecule has 1 spiro atoms. The van der Waals surface area contributed by atoms with Gasteiger partial charge in [0, 0.05) is 65.3 Å². The molecule has 0 N–H and O–H groups in total. The summed E-state index contributed by atoms with van der Waals surface area (Å²) in [6.45, 7) is 15.1. The van der Waals surface area contributed by atoms with Crippen molar-refractivity contribution >= 4 is 23.4 Å². The number of cyclic esters (lactones) is 1. The molecule has 0 unspecified atom stereocenters. The quantitative estimate of drug-likeness (QED) is 0.539. The molecular weight excluding hydrogens is 484 g/mol. The van der Waals surface area contributed by atoms with E-state index in [1.807, 2.05) is 20.8 Å². The van der Waals surface area contributed by atoms with Gasteiger partial charge in [0.25, 0.3) is 0 Å². The Kier molecular flexibility index (Phi) is 8.05. The van der Waals surface area contributed by atoms with E-state index >= 15 is 0 Å². The number of esters is 1. The minimum Gasteiger partial charge on any atom is -0.462 e. The zero-order valence-corrected chi connectivity index (χ0v) is 23.3. The average Bonchev–Trinajstić information content (AvgIpc) is 3.22. The summed E-state index contributed by atoms with van der Waals surface area (Å²) in [6.07, 6.45) is 2.62. The van der Waals surface area contributed by atoms with Gasteiger partial charge in [-0.25, -0.2) is 4.79 Å². The van der Waals surface area contributed by atoms with Crippen LogP contribution in [0.3, 0.4) is 0 Å². The number of nitrogens with zero attached hydrogens (tertiary/aromatic N) is 4. The lowest BCUT2D eigenvalue weighted by Gasteiger charge is -2.39. The molecule has 4 heterocycles. The first-order chi connectivity index (χ1) is 18.2. The summed E-state index contributed by atoms with van der Waals surface area (Å²) in [6, 6.07) is 8.73. The Morgan fingerprint density at radius 3 is 2.16 bits per heavy atom. The van der Waals surface area contributed by atoms with Gasteiger partial charge in [-0.2, -0.15) is 0 Å². The molecule has 0 aliphatic carbocycles.